The van der Waals surface area contributed by atoms with Gasteiger partial charge < -0.3 is 114 Å². The van der Waals surface area contributed by atoms with E-state index in [4.69, 9.17) is 62.2 Å². The molecule has 4 aliphatic rings. The molecule has 0 radical (unpaired) electrons. The van der Waals surface area contributed by atoms with Crippen LogP contribution >= 0.6 is 0 Å². The van der Waals surface area contributed by atoms with Crippen LogP contribution in [0.2, 0.25) is 0 Å². The van der Waals surface area contributed by atoms with Crippen LogP contribution in [0, 0.1) is 0 Å². The van der Waals surface area contributed by atoms with Crippen molar-refractivity contribution in [1.82, 2.24) is 10.6 Å². The molecular weight excluding hydrogens is 733 g/mol. The van der Waals surface area contributed by atoms with Gasteiger partial charge in [-0.3, -0.25) is 4.79 Å². The van der Waals surface area contributed by atoms with Crippen molar-refractivity contribution in [1.29, 1.82) is 0 Å². The number of rotatable bonds is 17. The van der Waals surface area contributed by atoms with Gasteiger partial charge in [-0.05, 0) is 12.8 Å². The zero-order valence-electron chi connectivity index (χ0n) is 29.4. The number of ether oxygens (including phenoxy) is 6. The molecule has 3 saturated heterocycles. The SMILES string of the molecule is NC[C@@H](F)[C@H](O)C(=O)N[C@@H]1C[C@H](N)[C@@H](O[C@H]2O[C@H](CNCC(O)CO)[C@@H](O)C[C@H]2N)[C@H](O[C@@H]2O[C@H](CO)[C@@H](O[C@H]3O[C@@H](CN)[C@@H](O)[C@H](O)[C@H]3N)[C@H]2O)[C@H]1O. The molecule has 21 atom stereocenters. The Balaban J connectivity index is 1.55. The molecule has 3 aliphatic heterocycles. The van der Waals surface area contributed by atoms with Crippen LogP contribution in [-0.4, -0.2) is 220 Å². The Morgan fingerprint density at radius 3 is 2.04 bits per heavy atom. The monoisotopic (exact) mass is 791 g/mol. The van der Waals surface area contributed by atoms with Crippen molar-refractivity contribution in [2.24, 2.45) is 28.7 Å². The largest absolute Gasteiger partial charge is 0.394 e. The van der Waals surface area contributed by atoms with Crippen molar-refractivity contribution in [3.05, 3.63) is 0 Å². The van der Waals surface area contributed by atoms with Gasteiger partial charge in [0.05, 0.1) is 49.7 Å². The number of carbonyl (C=O) groups is 1. The molecule has 4 rings (SSSR count). The standard InChI is InChI=1S/C30H58FN7O16/c31-10(3-32)19(43)27(48)38-13-1-11(34)24(52-28-12(35)2-14(42)16(50-28)6-37-5-9(41)7-39)26(20(13)44)54-30-23(47)25(17(8-40)51-30)53-29-18(36)22(46)21(45)15(4-33)49-29/h9-26,28-30,37,39-47H,1-8,32-36H2,(H,38,48)/t9?,10-,11+,12-,13-,14+,15+,16-,17-,18-,19+,20+,21-,22-,23-,24-,25-,26-,28-,29-,30+/m1/s1. The molecule has 24 heteroatoms. The summed E-state index contributed by atoms with van der Waals surface area (Å²) in [5, 5.41) is 98.4. The quantitative estimate of drug-likeness (QED) is 0.0650. The van der Waals surface area contributed by atoms with Crippen molar-refractivity contribution in [2.75, 3.05) is 39.4 Å². The van der Waals surface area contributed by atoms with Gasteiger partial charge in [-0.2, -0.15) is 0 Å². The van der Waals surface area contributed by atoms with Gasteiger partial charge in [0.1, 0.15) is 61.1 Å². The number of hydrogen-bond donors (Lipinski definition) is 16. The number of nitrogens with one attached hydrogen (secondary N) is 2. The lowest BCUT2D eigenvalue weighted by atomic mass is 9.83. The van der Waals surface area contributed by atoms with Crippen molar-refractivity contribution < 1.29 is 83.6 Å². The van der Waals surface area contributed by atoms with E-state index in [1.165, 1.54) is 0 Å². The molecule has 0 spiro atoms. The molecule has 316 valence electrons. The van der Waals surface area contributed by atoms with Crippen LogP contribution in [0.5, 0.6) is 0 Å². The first-order chi connectivity index (χ1) is 25.6. The Hall–Kier alpha value is -1.44. The number of aliphatic hydroxyl groups excluding tert-OH is 9. The van der Waals surface area contributed by atoms with Gasteiger partial charge in [-0.25, -0.2) is 4.39 Å². The average molecular weight is 792 g/mol. The van der Waals surface area contributed by atoms with Gasteiger partial charge in [0.25, 0.3) is 5.91 Å². The van der Waals surface area contributed by atoms with E-state index in [-0.39, 0.29) is 32.5 Å². The molecule has 23 nitrogen and oxygen atoms in total. The lowest BCUT2D eigenvalue weighted by Gasteiger charge is -2.47. The van der Waals surface area contributed by atoms with Gasteiger partial charge in [0.2, 0.25) is 0 Å². The molecule has 1 unspecified atom stereocenters. The van der Waals surface area contributed by atoms with Crippen molar-refractivity contribution >= 4 is 5.91 Å². The molecule has 0 aromatic rings. The molecule has 0 aromatic heterocycles. The Morgan fingerprint density at radius 2 is 1.41 bits per heavy atom. The molecule has 21 N–H and O–H groups in total. The minimum atomic E-state index is -2.19. The maximum atomic E-state index is 14.1. The summed E-state index contributed by atoms with van der Waals surface area (Å²) in [5.41, 5.74) is 29.7. The first-order valence-corrected chi connectivity index (χ1v) is 17.8. The van der Waals surface area contributed by atoms with E-state index in [1.807, 2.05) is 0 Å². The molecule has 4 fully saturated rings. The minimum Gasteiger partial charge on any atom is -0.394 e. The molecule has 54 heavy (non-hydrogen) atoms. The van der Waals surface area contributed by atoms with E-state index >= 15 is 0 Å². The maximum absolute atomic E-state index is 14.1. The molecule has 3 heterocycles. The Morgan fingerprint density at radius 1 is 0.778 bits per heavy atom. The van der Waals surface area contributed by atoms with E-state index < -0.39 is 154 Å². The third-order valence-electron chi connectivity index (χ3n) is 10.0. The van der Waals surface area contributed by atoms with E-state index in [2.05, 4.69) is 10.6 Å². The molecule has 1 amide bonds. The number of halogens is 1. The lowest BCUT2D eigenvalue weighted by Crippen LogP contribution is -2.67. The highest BCUT2D eigenvalue weighted by atomic mass is 19.1. The zero-order valence-corrected chi connectivity index (χ0v) is 29.4. The predicted octanol–water partition coefficient (Wildman–Crippen LogP) is -10.1. The second-order valence-corrected chi connectivity index (χ2v) is 14.1. The topological polar surface area (TPSA) is 409 Å². The number of amides is 1. The summed E-state index contributed by atoms with van der Waals surface area (Å²) in [5.74, 6) is -1.21. The number of nitrogens with two attached hydrogens (primary N) is 5. The predicted molar refractivity (Wildman–Crippen MR) is 178 cm³/mol. The van der Waals surface area contributed by atoms with E-state index in [0.29, 0.717) is 0 Å². The van der Waals surface area contributed by atoms with Gasteiger partial charge >= 0.3 is 0 Å². The fourth-order valence-corrected chi connectivity index (χ4v) is 6.82. The first-order valence-electron chi connectivity index (χ1n) is 17.8. The fourth-order valence-electron chi connectivity index (χ4n) is 6.82. The Kier molecular flexibility index (Phi) is 17.0. The van der Waals surface area contributed by atoms with Crippen LogP contribution in [0.25, 0.3) is 0 Å². The minimum absolute atomic E-state index is 0.00129. The zero-order chi connectivity index (χ0) is 40.0. The molecule has 1 saturated carbocycles. The van der Waals surface area contributed by atoms with Crippen molar-refractivity contribution in [3.8, 4) is 0 Å². The summed E-state index contributed by atoms with van der Waals surface area (Å²) in [6.45, 7) is -2.17. The summed E-state index contributed by atoms with van der Waals surface area (Å²) in [7, 11) is 0. The lowest BCUT2D eigenvalue weighted by molar-refractivity contribution is -0.296. The van der Waals surface area contributed by atoms with E-state index in [1.54, 1.807) is 0 Å². The molecule has 0 aromatic carbocycles. The second-order valence-electron chi connectivity index (χ2n) is 14.1. The molecular formula is C30H58FN7O16. The number of alkyl halides is 1. The van der Waals surface area contributed by atoms with Gasteiger partial charge in [-0.15, -0.1) is 0 Å². The fraction of sp³-hybridized carbons (Fsp3) is 0.967. The molecule has 0 bridgehead atoms. The van der Waals surface area contributed by atoms with Gasteiger partial charge in [0, 0.05) is 32.2 Å². The van der Waals surface area contributed by atoms with Gasteiger partial charge in [-0.1, -0.05) is 0 Å². The highest BCUT2D eigenvalue weighted by Gasteiger charge is 2.54. The van der Waals surface area contributed by atoms with Crippen LogP contribution in [-0.2, 0) is 33.2 Å². The number of aliphatic hydroxyl groups is 9. The second kappa shape index (κ2) is 20.3. The maximum Gasteiger partial charge on any atom is 0.252 e. The van der Waals surface area contributed by atoms with Crippen molar-refractivity contribution in [2.45, 2.75) is 141 Å². The summed E-state index contributed by atoms with van der Waals surface area (Å²) in [6, 6.07) is -4.70. The third kappa shape index (κ3) is 10.5. The third-order valence-corrected chi connectivity index (χ3v) is 10.0. The van der Waals surface area contributed by atoms with Crippen LogP contribution in [0.1, 0.15) is 12.8 Å². The first kappa shape index (κ1) is 45.3. The van der Waals surface area contributed by atoms with Crippen LogP contribution in [0.3, 0.4) is 0 Å². The normalized spacial score (nSPS) is 44.8. The van der Waals surface area contributed by atoms with Crippen LogP contribution in [0.15, 0.2) is 0 Å². The van der Waals surface area contributed by atoms with Crippen molar-refractivity contribution in [3.63, 3.8) is 0 Å². The highest BCUT2D eigenvalue weighted by Crippen LogP contribution is 2.34. The smallest absolute Gasteiger partial charge is 0.252 e. The number of carbonyl (C=O) groups excluding carboxylic acids is 1. The summed E-state index contributed by atoms with van der Waals surface area (Å²) in [6.07, 6.45) is -25.4. The van der Waals surface area contributed by atoms with Gasteiger partial charge in [0.15, 0.2) is 25.0 Å². The van der Waals surface area contributed by atoms with E-state index in [9.17, 15) is 50.0 Å². The Bertz CT molecular complexity index is 1160. The summed E-state index contributed by atoms with van der Waals surface area (Å²) >= 11 is 0. The number of hydrogen-bond acceptors (Lipinski definition) is 22. The van der Waals surface area contributed by atoms with E-state index in [0.717, 1.165) is 0 Å². The summed E-state index contributed by atoms with van der Waals surface area (Å²) in [4.78, 5) is 12.7. The average Bonchev–Trinajstić information content (AvgIpc) is 3.45. The summed E-state index contributed by atoms with van der Waals surface area (Å²) < 4.78 is 49.4. The van der Waals surface area contributed by atoms with Crippen LogP contribution < -0.4 is 39.3 Å². The molecule has 1 aliphatic carbocycles. The van der Waals surface area contributed by atoms with Crippen LogP contribution in [0.4, 0.5) is 4.39 Å². The Labute approximate surface area is 309 Å². The highest BCUT2D eigenvalue weighted by molar-refractivity contribution is 5.81.